The Balaban J connectivity index is 2.15. The van der Waals surface area contributed by atoms with Crippen LogP contribution >= 0.6 is 11.3 Å². The Labute approximate surface area is 110 Å². The Morgan fingerprint density at radius 1 is 1.56 bits per heavy atom. The number of sulfonamides is 1. The van der Waals surface area contributed by atoms with E-state index < -0.39 is 10.0 Å². The molecule has 1 heterocycles. The number of rotatable bonds is 3. The fourth-order valence-electron chi connectivity index (χ4n) is 1.81. The summed E-state index contributed by atoms with van der Waals surface area (Å²) < 4.78 is 22.5. The molecule has 0 saturated heterocycles. The highest BCUT2D eigenvalue weighted by Gasteiger charge is 2.50. The van der Waals surface area contributed by atoms with Crippen molar-refractivity contribution in [1.82, 2.24) is 4.98 Å². The van der Waals surface area contributed by atoms with Gasteiger partial charge in [-0.15, -0.1) is 0 Å². The maximum Gasteiger partial charge on any atom is 0.249 e. The van der Waals surface area contributed by atoms with Crippen molar-refractivity contribution >= 4 is 32.4 Å². The van der Waals surface area contributed by atoms with E-state index in [4.69, 9.17) is 5.14 Å². The predicted octanol–water partition coefficient (Wildman–Crippen LogP) is 1.08. The van der Waals surface area contributed by atoms with Gasteiger partial charge in [-0.25, -0.2) is 18.5 Å². The van der Waals surface area contributed by atoms with E-state index in [1.807, 2.05) is 13.8 Å². The summed E-state index contributed by atoms with van der Waals surface area (Å²) in [4.78, 5) is 15.8. The van der Waals surface area contributed by atoms with E-state index >= 15 is 0 Å². The van der Waals surface area contributed by atoms with Gasteiger partial charge in [-0.05, 0) is 18.8 Å². The van der Waals surface area contributed by atoms with Crippen molar-refractivity contribution in [2.24, 2.45) is 16.5 Å². The van der Waals surface area contributed by atoms with Gasteiger partial charge in [0.25, 0.3) is 0 Å². The molecule has 18 heavy (non-hydrogen) atoms. The van der Waals surface area contributed by atoms with Gasteiger partial charge in [0.15, 0.2) is 9.34 Å². The third-order valence-electron chi connectivity index (χ3n) is 3.07. The molecule has 2 rings (SSSR count). The first-order valence-electron chi connectivity index (χ1n) is 5.42. The number of amides is 1. The second kappa shape index (κ2) is 4.01. The Kier molecular flexibility index (Phi) is 2.99. The van der Waals surface area contributed by atoms with Crippen LogP contribution in [0.15, 0.2) is 4.21 Å². The predicted molar refractivity (Wildman–Crippen MR) is 68.7 cm³/mol. The Morgan fingerprint density at radius 3 is 2.50 bits per heavy atom. The van der Waals surface area contributed by atoms with Crippen molar-refractivity contribution in [2.75, 3.05) is 5.32 Å². The van der Waals surface area contributed by atoms with Gasteiger partial charge in [0.05, 0.1) is 5.69 Å². The molecule has 1 fully saturated rings. The lowest BCUT2D eigenvalue weighted by Crippen LogP contribution is -2.16. The van der Waals surface area contributed by atoms with Crippen molar-refractivity contribution < 1.29 is 13.2 Å². The van der Waals surface area contributed by atoms with Crippen molar-refractivity contribution in [3.8, 4) is 0 Å². The van der Waals surface area contributed by atoms with Crippen LogP contribution in [0.3, 0.4) is 0 Å². The summed E-state index contributed by atoms with van der Waals surface area (Å²) in [5.41, 5.74) is 0.340. The number of nitrogens with zero attached hydrogens (tertiary/aromatic N) is 1. The Bertz CT molecular complexity index is 604. The van der Waals surface area contributed by atoms with Gasteiger partial charge < -0.3 is 5.32 Å². The number of primary sulfonamides is 1. The highest BCUT2D eigenvalue weighted by molar-refractivity contribution is 7.91. The second-order valence-corrected chi connectivity index (χ2v) is 7.93. The van der Waals surface area contributed by atoms with E-state index in [0.717, 1.165) is 17.8 Å². The lowest BCUT2D eigenvalue weighted by atomic mass is 10.1. The zero-order valence-corrected chi connectivity index (χ0v) is 12.0. The van der Waals surface area contributed by atoms with Crippen LogP contribution in [0.5, 0.6) is 0 Å². The molecular weight excluding hydrogens is 274 g/mol. The largest absolute Gasteiger partial charge is 0.302 e. The minimum atomic E-state index is -3.77. The van der Waals surface area contributed by atoms with E-state index in [9.17, 15) is 13.2 Å². The minimum Gasteiger partial charge on any atom is -0.302 e. The van der Waals surface area contributed by atoms with E-state index in [-0.39, 0.29) is 26.6 Å². The minimum absolute atomic E-state index is 0.00661. The number of hydrogen-bond acceptors (Lipinski definition) is 5. The van der Waals surface area contributed by atoms with Crippen LogP contribution < -0.4 is 10.5 Å². The first-order valence-corrected chi connectivity index (χ1v) is 7.78. The number of aryl methyl sites for hydroxylation is 1. The summed E-state index contributed by atoms with van der Waals surface area (Å²) in [6, 6.07) is 0. The number of carbonyl (C=O) groups excluding carboxylic acids is 1. The van der Waals surface area contributed by atoms with Crippen molar-refractivity contribution in [1.29, 1.82) is 0 Å². The van der Waals surface area contributed by atoms with E-state index in [2.05, 4.69) is 10.3 Å². The van der Waals surface area contributed by atoms with Crippen LogP contribution in [-0.2, 0) is 14.8 Å². The Morgan fingerprint density at radius 2 is 2.11 bits per heavy atom. The fourth-order valence-corrected chi connectivity index (χ4v) is 3.67. The monoisotopic (exact) mass is 289 g/mol. The molecule has 0 radical (unpaired) electrons. The number of thiazole rings is 1. The zero-order valence-electron chi connectivity index (χ0n) is 10.4. The van der Waals surface area contributed by atoms with Gasteiger partial charge in [-0.2, -0.15) is 0 Å². The van der Waals surface area contributed by atoms with E-state index in [1.54, 1.807) is 6.92 Å². The average Bonchev–Trinajstić information content (AvgIpc) is 2.64. The standard InChI is InChI=1S/C10H15N3O3S2/c1-5-8(18(11,15)16)17-9(12-5)13-7(14)6-4-10(6,2)3/h6H,4H2,1-3H3,(H2,11,15,16)(H,12,13,14). The number of nitrogens with one attached hydrogen (secondary N) is 1. The molecule has 0 spiro atoms. The van der Waals surface area contributed by atoms with Crippen molar-refractivity contribution in [2.45, 2.75) is 31.4 Å². The summed E-state index contributed by atoms with van der Waals surface area (Å²) in [6.45, 7) is 5.58. The lowest BCUT2D eigenvalue weighted by Gasteiger charge is -2.02. The summed E-state index contributed by atoms with van der Waals surface area (Å²) in [7, 11) is -3.77. The molecular formula is C10H15N3O3S2. The van der Waals surface area contributed by atoms with E-state index in [0.29, 0.717) is 5.69 Å². The van der Waals surface area contributed by atoms with Crippen LogP contribution in [0.2, 0.25) is 0 Å². The molecule has 1 aliphatic carbocycles. The number of anilines is 1. The number of carbonyl (C=O) groups is 1. The molecule has 0 aliphatic heterocycles. The van der Waals surface area contributed by atoms with Crippen LogP contribution in [0, 0.1) is 18.3 Å². The maximum atomic E-state index is 11.8. The number of hydrogen-bond donors (Lipinski definition) is 2. The molecule has 100 valence electrons. The molecule has 1 saturated carbocycles. The molecule has 1 aromatic rings. The van der Waals surface area contributed by atoms with Crippen LogP contribution in [-0.4, -0.2) is 19.3 Å². The summed E-state index contributed by atoms with van der Waals surface area (Å²) in [6.07, 6.45) is 0.839. The van der Waals surface area contributed by atoms with Gasteiger partial charge in [0.1, 0.15) is 0 Å². The van der Waals surface area contributed by atoms with E-state index in [1.165, 1.54) is 0 Å². The van der Waals surface area contributed by atoms with Crippen LogP contribution in [0.4, 0.5) is 5.13 Å². The average molecular weight is 289 g/mol. The third-order valence-corrected chi connectivity index (χ3v) is 5.70. The van der Waals surface area contributed by atoms with Gasteiger partial charge in [-0.1, -0.05) is 25.2 Å². The first kappa shape index (κ1) is 13.4. The third kappa shape index (κ3) is 2.55. The van der Waals surface area contributed by atoms with Gasteiger partial charge in [0.2, 0.25) is 15.9 Å². The van der Waals surface area contributed by atoms with Gasteiger partial charge >= 0.3 is 0 Å². The highest BCUT2D eigenvalue weighted by atomic mass is 32.2. The van der Waals surface area contributed by atoms with Crippen LogP contribution in [0.1, 0.15) is 26.0 Å². The summed E-state index contributed by atoms with van der Waals surface area (Å²) in [5.74, 6) is -0.144. The maximum absolute atomic E-state index is 11.8. The molecule has 1 atom stereocenters. The first-order chi connectivity index (χ1) is 8.11. The molecule has 1 aromatic heterocycles. The zero-order chi connectivity index (χ0) is 13.7. The number of aromatic nitrogens is 1. The molecule has 3 N–H and O–H groups in total. The van der Waals surface area contributed by atoms with Gasteiger partial charge in [0, 0.05) is 5.92 Å². The Hall–Kier alpha value is -0.990. The summed E-state index contributed by atoms with van der Waals surface area (Å²) >= 11 is 0.884. The van der Waals surface area contributed by atoms with Gasteiger partial charge in [-0.3, -0.25) is 4.79 Å². The fraction of sp³-hybridized carbons (Fsp3) is 0.600. The van der Waals surface area contributed by atoms with Crippen molar-refractivity contribution in [3.05, 3.63) is 5.69 Å². The molecule has 8 heteroatoms. The van der Waals surface area contributed by atoms with Crippen LogP contribution in [0.25, 0.3) is 0 Å². The highest BCUT2D eigenvalue weighted by Crippen LogP contribution is 2.52. The number of nitrogens with two attached hydrogens (primary N) is 1. The van der Waals surface area contributed by atoms with Crippen molar-refractivity contribution in [3.63, 3.8) is 0 Å². The topological polar surface area (TPSA) is 102 Å². The smallest absolute Gasteiger partial charge is 0.249 e. The molecule has 1 unspecified atom stereocenters. The lowest BCUT2D eigenvalue weighted by molar-refractivity contribution is -0.118. The molecule has 6 nitrogen and oxygen atoms in total. The quantitative estimate of drug-likeness (QED) is 0.869. The second-order valence-electron chi connectivity index (χ2n) is 5.17. The molecule has 1 aliphatic rings. The molecule has 0 aromatic carbocycles. The molecule has 0 bridgehead atoms. The SMILES string of the molecule is Cc1nc(NC(=O)C2CC2(C)C)sc1S(N)(=O)=O. The molecule has 1 amide bonds. The normalized spacial score (nSPS) is 21.7. The summed E-state index contributed by atoms with van der Waals surface area (Å²) in [5, 5.41) is 7.97.